The van der Waals surface area contributed by atoms with Gasteiger partial charge >= 0.3 is 0 Å². The molecule has 0 amide bonds. The summed E-state index contributed by atoms with van der Waals surface area (Å²) in [6, 6.07) is 0.695. The van der Waals surface area contributed by atoms with Crippen LogP contribution in [0.25, 0.3) is 0 Å². The van der Waals surface area contributed by atoms with Crippen molar-refractivity contribution in [2.75, 3.05) is 19.3 Å². The molecular formula is C9H19NOS. The third kappa shape index (κ3) is 2.96. The molecule has 0 bridgehead atoms. The highest BCUT2D eigenvalue weighted by atomic mass is 32.2. The third-order valence-corrected chi connectivity index (χ3v) is 2.90. The Bertz CT molecular complexity index is 122. The van der Waals surface area contributed by atoms with E-state index in [-0.39, 0.29) is 0 Å². The molecule has 0 N–H and O–H groups in total. The molecule has 1 aliphatic heterocycles. The van der Waals surface area contributed by atoms with E-state index in [0.717, 1.165) is 0 Å². The predicted octanol–water partition coefficient (Wildman–Crippen LogP) is 2.15. The molecule has 0 saturated carbocycles. The maximum Gasteiger partial charge on any atom is 0.0746 e. The minimum Gasteiger partial charge on any atom is -0.312 e. The Balaban J connectivity index is 2.20. The Morgan fingerprint density at radius 2 is 1.92 bits per heavy atom. The van der Waals surface area contributed by atoms with Crippen LogP contribution in [-0.2, 0) is 4.18 Å². The molecule has 0 atom stereocenters. The van der Waals surface area contributed by atoms with Crippen molar-refractivity contribution in [2.24, 2.45) is 0 Å². The van der Waals surface area contributed by atoms with Gasteiger partial charge in [0.1, 0.15) is 0 Å². The molecule has 0 aliphatic carbocycles. The Kier molecular flexibility index (Phi) is 4.40. The van der Waals surface area contributed by atoms with Gasteiger partial charge in [-0.15, -0.1) is 0 Å². The van der Waals surface area contributed by atoms with Crippen LogP contribution in [0, 0.1) is 0 Å². The second-order valence-corrected chi connectivity index (χ2v) is 4.12. The Labute approximate surface area is 79.9 Å². The molecule has 0 spiro atoms. The van der Waals surface area contributed by atoms with Gasteiger partial charge in [-0.3, -0.25) is 0 Å². The molecule has 1 heterocycles. The number of rotatable bonds is 3. The molecule has 0 unspecified atom stereocenters. The standard InChI is InChI=1S/C9H19NOS/c1-8(2)10-6-4-9(5-7-10)11-12-3/h8-9H,4-7H2,1-3H3. The van der Waals surface area contributed by atoms with E-state index in [2.05, 4.69) is 18.7 Å². The van der Waals surface area contributed by atoms with Crippen LogP contribution in [0.5, 0.6) is 0 Å². The lowest BCUT2D eigenvalue weighted by Crippen LogP contribution is -2.40. The molecule has 1 rings (SSSR count). The number of hydrogen-bond donors (Lipinski definition) is 0. The van der Waals surface area contributed by atoms with Crippen molar-refractivity contribution in [1.82, 2.24) is 4.90 Å². The van der Waals surface area contributed by atoms with Crippen molar-refractivity contribution < 1.29 is 4.18 Å². The highest BCUT2D eigenvalue weighted by Gasteiger charge is 2.20. The molecule has 3 heteroatoms. The largest absolute Gasteiger partial charge is 0.312 e. The van der Waals surface area contributed by atoms with Crippen molar-refractivity contribution in [1.29, 1.82) is 0 Å². The summed E-state index contributed by atoms with van der Waals surface area (Å²) in [5.41, 5.74) is 0. The van der Waals surface area contributed by atoms with Crippen molar-refractivity contribution in [2.45, 2.75) is 38.8 Å². The summed E-state index contributed by atoms with van der Waals surface area (Å²) in [5, 5.41) is 0. The summed E-state index contributed by atoms with van der Waals surface area (Å²) in [5.74, 6) is 0. The lowest BCUT2D eigenvalue weighted by atomic mass is 10.1. The van der Waals surface area contributed by atoms with Crippen LogP contribution in [-0.4, -0.2) is 36.4 Å². The lowest BCUT2D eigenvalue weighted by molar-refractivity contribution is 0.0985. The number of hydrogen-bond acceptors (Lipinski definition) is 3. The highest BCUT2D eigenvalue weighted by Crippen LogP contribution is 2.18. The fourth-order valence-electron chi connectivity index (χ4n) is 1.62. The van der Waals surface area contributed by atoms with Gasteiger partial charge in [0.25, 0.3) is 0 Å². The molecule has 0 radical (unpaired) electrons. The summed E-state index contributed by atoms with van der Waals surface area (Å²) in [6.45, 7) is 6.91. The monoisotopic (exact) mass is 189 g/mol. The smallest absolute Gasteiger partial charge is 0.0746 e. The molecule has 12 heavy (non-hydrogen) atoms. The molecule has 0 aromatic heterocycles. The van der Waals surface area contributed by atoms with Gasteiger partial charge in [-0.1, -0.05) is 0 Å². The zero-order chi connectivity index (χ0) is 8.97. The molecule has 72 valence electrons. The van der Waals surface area contributed by atoms with Gasteiger partial charge < -0.3 is 9.08 Å². The second-order valence-electron chi connectivity index (χ2n) is 3.59. The van der Waals surface area contributed by atoms with E-state index in [1.807, 2.05) is 6.26 Å². The molecular weight excluding hydrogens is 170 g/mol. The average Bonchev–Trinajstić information content (AvgIpc) is 2.06. The van der Waals surface area contributed by atoms with Crippen LogP contribution in [0.3, 0.4) is 0 Å². The second kappa shape index (κ2) is 5.10. The van der Waals surface area contributed by atoms with Crippen LogP contribution in [0.4, 0.5) is 0 Å². The summed E-state index contributed by atoms with van der Waals surface area (Å²) >= 11 is 1.50. The van der Waals surface area contributed by atoms with Crippen LogP contribution < -0.4 is 0 Å². The van der Waals surface area contributed by atoms with E-state index >= 15 is 0 Å². The number of piperidine rings is 1. The predicted molar refractivity (Wildman–Crippen MR) is 54.3 cm³/mol. The maximum absolute atomic E-state index is 5.50. The van der Waals surface area contributed by atoms with E-state index in [4.69, 9.17) is 4.18 Å². The van der Waals surface area contributed by atoms with Crippen molar-refractivity contribution in [3.05, 3.63) is 0 Å². The Morgan fingerprint density at radius 3 is 2.33 bits per heavy atom. The van der Waals surface area contributed by atoms with Gasteiger partial charge in [0.05, 0.1) is 6.10 Å². The van der Waals surface area contributed by atoms with Gasteiger partial charge in [0.2, 0.25) is 0 Å². The van der Waals surface area contributed by atoms with Gasteiger partial charge in [-0.05, 0) is 38.7 Å². The summed E-state index contributed by atoms with van der Waals surface area (Å²) in [6.07, 6.45) is 4.88. The summed E-state index contributed by atoms with van der Waals surface area (Å²) in [7, 11) is 0. The van der Waals surface area contributed by atoms with Crippen molar-refractivity contribution >= 4 is 12.0 Å². The Morgan fingerprint density at radius 1 is 1.33 bits per heavy atom. The normalized spacial score (nSPS) is 22.0. The molecule has 1 aliphatic rings. The summed E-state index contributed by atoms with van der Waals surface area (Å²) < 4.78 is 5.50. The SMILES string of the molecule is CSOC1CCN(C(C)C)CC1. The van der Waals surface area contributed by atoms with Crippen LogP contribution in [0.1, 0.15) is 26.7 Å². The molecule has 2 nitrogen and oxygen atoms in total. The molecule has 1 fully saturated rings. The maximum atomic E-state index is 5.50. The fraction of sp³-hybridized carbons (Fsp3) is 1.00. The number of likely N-dealkylation sites (tertiary alicyclic amines) is 1. The lowest BCUT2D eigenvalue weighted by Gasteiger charge is -2.33. The van der Waals surface area contributed by atoms with E-state index in [0.29, 0.717) is 12.1 Å². The van der Waals surface area contributed by atoms with Crippen LogP contribution >= 0.6 is 12.0 Å². The highest BCUT2D eigenvalue weighted by molar-refractivity contribution is 7.93. The first-order valence-corrected chi connectivity index (χ1v) is 5.82. The van der Waals surface area contributed by atoms with E-state index in [9.17, 15) is 0 Å². The summed E-state index contributed by atoms with van der Waals surface area (Å²) in [4.78, 5) is 2.51. The first-order chi connectivity index (χ1) is 5.74. The van der Waals surface area contributed by atoms with Gasteiger partial charge in [0.15, 0.2) is 0 Å². The third-order valence-electron chi connectivity index (χ3n) is 2.44. The Hall–Kier alpha value is 0.270. The van der Waals surface area contributed by atoms with Gasteiger partial charge in [-0.2, -0.15) is 0 Å². The van der Waals surface area contributed by atoms with Gasteiger partial charge in [0, 0.05) is 25.4 Å². The topological polar surface area (TPSA) is 12.5 Å². The zero-order valence-corrected chi connectivity index (χ0v) is 9.06. The molecule has 0 aromatic rings. The van der Waals surface area contributed by atoms with Crippen molar-refractivity contribution in [3.8, 4) is 0 Å². The van der Waals surface area contributed by atoms with Gasteiger partial charge in [-0.25, -0.2) is 0 Å². The molecule has 0 aromatic carbocycles. The minimum atomic E-state index is 0.495. The average molecular weight is 189 g/mol. The minimum absolute atomic E-state index is 0.495. The first-order valence-electron chi connectivity index (χ1n) is 4.67. The van der Waals surface area contributed by atoms with E-state index in [1.165, 1.54) is 38.0 Å². The quantitative estimate of drug-likeness (QED) is 0.631. The van der Waals surface area contributed by atoms with Crippen molar-refractivity contribution in [3.63, 3.8) is 0 Å². The fourth-order valence-corrected chi connectivity index (χ4v) is 2.09. The number of nitrogens with zero attached hydrogens (tertiary/aromatic N) is 1. The molecule has 1 saturated heterocycles. The van der Waals surface area contributed by atoms with Crippen LogP contribution in [0.2, 0.25) is 0 Å². The van der Waals surface area contributed by atoms with E-state index in [1.54, 1.807) is 0 Å². The zero-order valence-electron chi connectivity index (χ0n) is 8.25. The van der Waals surface area contributed by atoms with Crippen LogP contribution in [0.15, 0.2) is 0 Å². The van der Waals surface area contributed by atoms with E-state index < -0.39 is 0 Å². The first kappa shape index (κ1) is 10.4.